The number of likely N-dealkylation sites (tertiary alicyclic amines) is 1. The fraction of sp³-hybridized carbons (Fsp3) is 0.364. The van der Waals surface area contributed by atoms with Gasteiger partial charge < -0.3 is 4.74 Å². The van der Waals surface area contributed by atoms with E-state index in [0.29, 0.717) is 29.1 Å². The summed E-state index contributed by atoms with van der Waals surface area (Å²) in [5.74, 6) is 0.954. The van der Waals surface area contributed by atoms with Crippen LogP contribution in [0.2, 0.25) is 0 Å². The quantitative estimate of drug-likeness (QED) is 0.679. The lowest BCUT2D eigenvalue weighted by atomic mass is 9.96. The molecular weight excluding hydrogens is 357 g/mol. The Balaban J connectivity index is 1.39. The van der Waals surface area contributed by atoms with Gasteiger partial charge in [0.05, 0.1) is 24.3 Å². The van der Waals surface area contributed by atoms with Crippen LogP contribution in [0.5, 0.6) is 5.75 Å². The van der Waals surface area contributed by atoms with Gasteiger partial charge in [-0.05, 0) is 61.7 Å². The predicted octanol–water partition coefficient (Wildman–Crippen LogP) is 3.46. The van der Waals surface area contributed by atoms with Crippen molar-refractivity contribution in [1.29, 1.82) is 0 Å². The molecule has 0 spiro atoms. The van der Waals surface area contributed by atoms with Crippen molar-refractivity contribution in [3.63, 3.8) is 0 Å². The number of ether oxygens (including phenoxy) is 1. The predicted molar refractivity (Wildman–Crippen MR) is 107 cm³/mol. The number of hydrogen-bond acceptors (Lipinski definition) is 4. The summed E-state index contributed by atoms with van der Waals surface area (Å²) in [4.78, 5) is 19.6. The first-order valence-electron chi connectivity index (χ1n) is 9.62. The summed E-state index contributed by atoms with van der Waals surface area (Å²) in [6, 6.07) is 12.1. The minimum Gasteiger partial charge on any atom is -0.497 e. The monoisotopic (exact) mass is 381 g/mol. The van der Waals surface area contributed by atoms with Crippen molar-refractivity contribution >= 4 is 10.9 Å². The molecule has 1 aliphatic heterocycles. The van der Waals surface area contributed by atoms with Crippen LogP contribution in [0.1, 0.15) is 18.4 Å². The summed E-state index contributed by atoms with van der Waals surface area (Å²) in [5.41, 5.74) is 1.66. The molecule has 0 aliphatic carbocycles. The van der Waals surface area contributed by atoms with Gasteiger partial charge in [-0.25, -0.2) is 9.37 Å². The van der Waals surface area contributed by atoms with Crippen LogP contribution >= 0.6 is 0 Å². The van der Waals surface area contributed by atoms with E-state index < -0.39 is 0 Å². The molecule has 3 aromatic rings. The van der Waals surface area contributed by atoms with E-state index in [0.717, 1.165) is 38.0 Å². The maximum Gasteiger partial charge on any atom is 0.261 e. The van der Waals surface area contributed by atoms with Gasteiger partial charge in [0.25, 0.3) is 5.56 Å². The van der Waals surface area contributed by atoms with Crippen molar-refractivity contribution in [2.45, 2.75) is 25.9 Å². The zero-order valence-corrected chi connectivity index (χ0v) is 16.0. The van der Waals surface area contributed by atoms with E-state index in [1.165, 1.54) is 6.07 Å². The standard InChI is InChI=1S/C22H24FN3O2/c1-28-19-5-6-20-21(12-19)24-15-26(22(20)27)14-16-7-9-25(10-8-16)13-17-3-2-4-18(23)11-17/h2-6,11-12,15-16H,7-10,13-14H2,1H3. The van der Waals surface area contributed by atoms with Crippen LogP contribution in [-0.4, -0.2) is 34.7 Å². The Bertz CT molecular complexity index is 1030. The third-order valence-corrected chi connectivity index (χ3v) is 5.49. The molecule has 0 bridgehead atoms. The zero-order chi connectivity index (χ0) is 19.5. The molecule has 1 aromatic heterocycles. The van der Waals surface area contributed by atoms with E-state index in [9.17, 15) is 9.18 Å². The first kappa shape index (κ1) is 18.6. The van der Waals surface area contributed by atoms with Crippen molar-refractivity contribution in [2.75, 3.05) is 20.2 Å². The Hall–Kier alpha value is -2.73. The lowest BCUT2D eigenvalue weighted by Crippen LogP contribution is -2.36. The second-order valence-corrected chi connectivity index (χ2v) is 7.43. The number of rotatable bonds is 5. The molecule has 1 aliphatic rings. The smallest absolute Gasteiger partial charge is 0.261 e. The molecule has 0 atom stereocenters. The van der Waals surface area contributed by atoms with Crippen molar-refractivity contribution in [2.24, 2.45) is 5.92 Å². The maximum atomic E-state index is 13.4. The molecule has 4 rings (SSSR count). The van der Waals surface area contributed by atoms with E-state index in [2.05, 4.69) is 9.88 Å². The number of piperidine rings is 1. The molecule has 0 amide bonds. The van der Waals surface area contributed by atoms with Gasteiger partial charge in [-0.15, -0.1) is 0 Å². The molecule has 0 unspecified atom stereocenters. The van der Waals surface area contributed by atoms with Gasteiger partial charge in [-0.3, -0.25) is 14.3 Å². The molecule has 28 heavy (non-hydrogen) atoms. The van der Waals surface area contributed by atoms with Crippen LogP contribution in [0.25, 0.3) is 10.9 Å². The van der Waals surface area contributed by atoms with E-state index in [1.54, 1.807) is 48.3 Å². The van der Waals surface area contributed by atoms with E-state index >= 15 is 0 Å². The van der Waals surface area contributed by atoms with Gasteiger partial charge in [0, 0.05) is 19.2 Å². The highest BCUT2D eigenvalue weighted by Crippen LogP contribution is 2.21. The minimum absolute atomic E-state index is 0.00477. The van der Waals surface area contributed by atoms with Crippen LogP contribution in [0.15, 0.2) is 53.6 Å². The van der Waals surface area contributed by atoms with E-state index in [4.69, 9.17) is 4.74 Å². The van der Waals surface area contributed by atoms with Gasteiger partial charge >= 0.3 is 0 Å². The number of aromatic nitrogens is 2. The van der Waals surface area contributed by atoms with Crippen molar-refractivity contribution < 1.29 is 9.13 Å². The number of hydrogen-bond donors (Lipinski definition) is 0. The van der Waals surface area contributed by atoms with Crippen molar-refractivity contribution in [3.05, 3.63) is 70.5 Å². The minimum atomic E-state index is -0.187. The topological polar surface area (TPSA) is 47.4 Å². The molecule has 5 nitrogen and oxygen atoms in total. The molecule has 2 aromatic carbocycles. The first-order chi connectivity index (χ1) is 13.6. The van der Waals surface area contributed by atoms with E-state index in [1.807, 2.05) is 6.07 Å². The molecule has 2 heterocycles. The molecule has 0 N–H and O–H groups in total. The van der Waals surface area contributed by atoms with Gasteiger partial charge in [0.15, 0.2) is 0 Å². The molecule has 1 fully saturated rings. The van der Waals surface area contributed by atoms with Gasteiger partial charge in [0.2, 0.25) is 0 Å². The molecular formula is C22H24FN3O2. The van der Waals surface area contributed by atoms with Crippen LogP contribution in [0, 0.1) is 11.7 Å². The van der Waals surface area contributed by atoms with Gasteiger partial charge in [-0.2, -0.15) is 0 Å². The number of nitrogens with zero attached hydrogens (tertiary/aromatic N) is 3. The Labute approximate surface area is 163 Å². The van der Waals surface area contributed by atoms with Gasteiger partial charge in [-0.1, -0.05) is 12.1 Å². The number of benzene rings is 2. The third-order valence-electron chi connectivity index (χ3n) is 5.49. The largest absolute Gasteiger partial charge is 0.497 e. The molecule has 146 valence electrons. The van der Waals surface area contributed by atoms with Crippen molar-refractivity contribution in [1.82, 2.24) is 14.5 Å². The Kier molecular flexibility index (Phi) is 5.39. The average Bonchev–Trinajstić information content (AvgIpc) is 2.71. The van der Waals surface area contributed by atoms with Crippen LogP contribution in [-0.2, 0) is 13.1 Å². The zero-order valence-electron chi connectivity index (χ0n) is 16.0. The molecule has 0 saturated carbocycles. The summed E-state index contributed by atoms with van der Waals surface area (Å²) >= 11 is 0. The SMILES string of the molecule is COc1ccc2c(=O)n(CC3CCN(Cc4cccc(F)c4)CC3)cnc2c1. The van der Waals surface area contributed by atoms with E-state index in [-0.39, 0.29) is 11.4 Å². The fourth-order valence-corrected chi connectivity index (χ4v) is 3.89. The van der Waals surface area contributed by atoms with Crippen LogP contribution in [0.4, 0.5) is 4.39 Å². The number of fused-ring (bicyclic) bond motifs is 1. The molecule has 6 heteroatoms. The molecule has 1 saturated heterocycles. The summed E-state index contributed by atoms with van der Waals surface area (Å²) < 4.78 is 20.3. The fourth-order valence-electron chi connectivity index (χ4n) is 3.89. The average molecular weight is 381 g/mol. The van der Waals surface area contributed by atoms with Crippen LogP contribution in [0.3, 0.4) is 0 Å². The van der Waals surface area contributed by atoms with Crippen molar-refractivity contribution in [3.8, 4) is 5.75 Å². The Morgan fingerprint density at radius 3 is 2.75 bits per heavy atom. The maximum absolute atomic E-state index is 13.4. The van der Waals surface area contributed by atoms with Gasteiger partial charge in [0.1, 0.15) is 11.6 Å². The molecule has 0 radical (unpaired) electrons. The summed E-state index contributed by atoms with van der Waals surface area (Å²) in [6.45, 7) is 3.35. The highest BCUT2D eigenvalue weighted by atomic mass is 19.1. The Morgan fingerprint density at radius 2 is 2.00 bits per heavy atom. The summed E-state index contributed by atoms with van der Waals surface area (Å²) in [7, 11) is 1.60. The lowest BCUT2D eigenvalue weighted by molar-refractivity contribution is 0.166. The number of methoxy groups -OCH3 is 1. The number of halogens is 1. The third kappa shape index (κ3) is 4.07. The first-order valence-corrected chi connectivity index (χ1v) is 9.62. The second-order valence-electron chi connectivity index (χ2n) is 7.43. The summed E-state index contributed by atoms with van der Waals surface area (Å²) in [5, 5.41) is 0.617. The second kappa shape index (κ2) is 8.10. The highest BCUT2D eigenvalue weighted by Gasteiger charge is 2.20. The lowest BCUT2D eigenvalue weighted by Gasteiger charge is -2.32. The Morgan fingerprint density at radius 1 is 1.18 bits per heavy atom. The normalized spacial score (nSPS) is 15.8. The summed E-state index contributed by atoms with van der Waals surface area (Å²) in [6.07, 6.45) is 3.67. The van der Waals surface area contributed by atoms with Crippen LogP contribution < -0.4 is 10.3 Å². The highest BCUT2D eigenvalue weighted by molar-refractivity contribution is 5.78.